The highest BCUT2D eigenvalue weighted by Gasteiger charge is 2.60. The Kier molecular flexibility index (Phi) is 7.88. The fourth-order valence-corrected chi connectivity index (χ4v) is 9.94. The Morgan fingerprint density at radius 1 is 1.03 bits per heavy atom. The summed E-state index contributed by atoms with van der Waals surface area (Å²) < 4.78 is 11.0. The number of esters is 1. The number of fused-ring (bicyclic) bond motifs is 5. The van der Waals surface area contributed by atoms with Crippen molar-refractivity contribution in [3.63, 3.8) is 0 Å². The molecule has 0 amide bonds. The summed E-state index contributed by atoms with van der Waals surface area (Å²) in [5, 5.41) is 10.3. The van der Waals surface area contributed by atoms with Gasteiger partial charge in [-0.05, 0) is 111 Å². The number of carbonyl (C=O) groups excluding carboxylic acids is 1. The van der Waals surface area contributed by atoms with E-state index < -0.39 is 0 Å². The third kappa shape index (κ3) is 5.08. The zero-order valence-corrected chi connectivity index (χ0v) is 22.7. The maximum absolute atomic E-state index is 12.5. The quantitative estimate of drug-likeness (QED) is 0.492. The number of morpholine rings is 1. The van der Waals surface area contributed by atoms with E-state index in [0.717, 1.165) is 81.7 Å². The monoisotopic (exact) mass is 489 g/mol. The van der Waals surface area contributed by atoms with E-state index in [9.17, 15) is 9.90 Å². The van der Waals surface area contributed by atoms with Crippen molar-refractivity contribution in [2.75, 3.05) is 39.5 Å². The second-order valence-corrected chi connectivity index (χ2v) is 13.5. The molecule has 1 aliphatic heterocycles. The lowest BCUT2D eigenvalue weighted by Crippen LogP contribution is -2.54. The summed E-state index contributed by atoms with van der Waals surface area (Å²) >= 11 is 0. The smallest absolute Gasteiger partial charge is 0.305 e. The van der Waals surface area contributed by atoms with E-state index in [1.54, 1.807) is 0 Å². The molecule has 200 valence electrons. The maximum atomic E-state index is 12.5. The minimum atomic E-state index is -0.0544. The molecule has 9 atom stereocenters. The number of aliphatic hydroxyl groups is 1. The van der Waals surface area contributed by atoms with Gasteiger partial charge in [-0.25, -0.2) is 0 Å². The molecule has 0 aromatic carbocycles. The lowest BCUT2D eigenvalue weighted by molar-refractivity contribution is -0.145. The summed E-state index contributed by atoms with van der Waals surface area (Å²) in [4.78, 5) is 14.8. The number of aliphatic hydroxyl groups excluding tert-OH is 1. The predicted octanol–water partition coefficient (Wildman–Crippen LogP) is 5.30. The molecular weight excluding hydrogens is 438 g/mol. The van der Waals surface area contributed by atoms with Crippen LogP contribution in [-0.2, 0) is 14.3 Å². The van der Waals surface area contributed by atoms with E-state index in [0.29, 0.717) is 29.8 Å². The first-order chi connectivity index (χ1) is 16.8. The van der Waals surface area contributed by atoms with Crippen molar-refractivity contribution in [2.24, 2.45) is 46.3 Å². The van der Waals surface area contributed by atoms with Crippen LogP contribution in [0.4, 0.5) is 0 Å². The number of hydrogen-bond acceptors (Lipinski definition) is 5. The van der Waals surface area contributed by atoms with Crippen LogP contribution in [0.2, 0.25) is 0 Å². The Morgan fingerprint density at radius 3 is 2.57 bits per heavy atom. The number of nitrogens with zero attached hydrogens (tertiary/aromatic N) is 1. The Morgan fingerprint density at radius 2 is 1.77 bits per heavy atom. The van der Waals surface area contributed by atoms with Gasteiger partial charge in [-0.3, -0.25) is 9.69 Å². The van der Waals surface area contributed by atoms with E-state index in [1.807, 2.05) is 0 Å². The minimum Gasteiger partial charge on any atom is -0.464 e. The molecule has 5 rings (SSSR count). The average Bonchev–Trinajstić information content (AvgIpc) is 3.21. The largest absolute Gasteiger partial charge is 0.464 e. The number of carbonyl (C=O) groups is 1. The molecule has 5 fully saturated rings. The topological polar surface area (TPSA) is 59.0 Å². The van der Waals surface area contributed by atoms with Gasteiger partial charge in [0.25, 0.3) is 0 Å². The molecule has 0 bridgehead atoms. The molecule has 35 heavy (non-hydrogen) atoms. The molecule has 0 aromatic rings. The predicted molar refractivity (Wildman–Crippen MR) is 138 cm³/mol. The Balaban J connectivity index is 1.12. The van der Waals surface area contributed by atoms with Crippen LogP contribution in [0.1, 0.15) is 91.4 Å². The van der Waals surface area contributed by atoms with E-state index in [1.165, 1.54) is 44.9 Å². The number of rotatable bonds is 7. The van der Waals surface area contributed by atoms with E-state index in [2.05, 4.69) is 25.7 Å². The Hall–Kier alpha value is -0.650. The highest BCUT2D eigenvalue weighted by molar-refractivity contribution is 5.69. The van der Waals surface area contributed by atoms with Crippen molar-refractivity contribution in [3.05, 3.63) is 0 Å². The van der Waals surface area contributed by atoms with Crippen molar-refractivity contribution in [3.8, 4) is 0 Å². The highest BCUT2D eigenvalue weighted by atomic mass is 16.5. The zero-order valence-electron chi connectivity index (χ0n) is 22.7. The van der Waals surface area contributed by atoms with Crippen LogP contribution in [0.5, 0.6) is 0 Å². The van der Waals surface area contributed by atoms with Crippen LogP contribution in [-0.4, -0.2) is 61.5 Å². The molecule has 4 saturated carbocycles. The Labute approximate surface area is 213 Å². The zero-order chi connectivity index (χ0) is 24.6. The number of ether oxygens (including phenoxy) is 2. The van der Waals surface area contributed by atoms with Gasteiger partial charge in [-0.1, -0.05) is 20.8 Å². The fourth-order valence-electron chi connectivity index (χ4n) is 9.94. The molecule has 5 aliphatic rings. The lowest BCUT2D eigenvalue weighted by atomic mass is 9.44. The minimum absolute atomic E-state index is 0.0146. The molecule has 5 nitrogen and oxygen atoms in total. The fraction of sp³-hybridized carbons (Fsp3) is 0.967. The molecule has 4 aliphatic carbocycles. The number of hydrogen-bond donors (Lipinski definition) is 1. The summed E-state index contributed by atoms with van der Waals surface area (Å²) in [6.45, 7) is 12.4. The Bertz CT molecular complexity index is 738. The van der Waals surface area contributed by atoms with E-state index >= 15 is 0 Å². The van der Waals surface area contributed by atoms with Crippen LogP contribution < -0.4 is 0 Å². The first kappa shape index (κ1) is 26.0. The standard InChI is InChI=1S/C30H51NO4/c1-21(4-9-28(33)35-19-16-31-14-17-34-18-15-31)25-7-8-26-24-6-5-22-20-23(32)10-12-29(22,2)27(24)11-13-30(25,26)3/h21-27,32H,4-20H2,1-3H3/t21-,22-,23-,24+,25-,26+,27+,29+,30-/m1/s1. The molecule has 0 spiro atoms. The normalized spacial score (nSPS) is 44.7. The van der Waals surface area contributed by atoms with Crippen molar-refractivity contribution >= 4 is 5.97 Å². The van der Waals surface area contributed by atoms with Gasteiger partial charge in [0.1, 0.15) is 6.61 Å². The van der Waals surface area contributed by atoms with Crippen LogP contribution in [0, 0.1) is 46.3 Å². The highest BCUT2D eigenvalue weighted by Crippen LogP contribution is 2.68. The average molecular weight is 490 g/mol. The van der Waals surface area contributed by atoms with Crippen LogP contribution >= 0.6 is 0 Å². The van der Waals surface area contributed by atoms with Gasteiger partial charge in [0, 0.05) is 26.1 Å². The van der Waals surface area contributed by atoms with Gasteiger partial charge in [-0.15, -0.1) is 0 Å². The van der Waals surface area contributed by atoms with Crippen molar-refractivity contribution < 1.29 is 19.4 Å². The second-order valence-electron chi connectivity index (χ2n) is 13.5. The van der Waals surface area contributed by atoms with Gasteiger partial charge in [0.15, 0.2) is 0 Å². The summed E-state index contributed by atoms with van der Waals surface area (Å²) in [6.07, 6.45) is 13.0. The molecule has 1 N–H and O–H groups in total. The molecule has 1 heterocycles. The van der Waals surface area contributed by atoms with E-state index in [-0.39, 0.29) is 12.1 Å². The molecule has 0 unspecified atom stereocenters. The third-order valence-corrected chi connectivity index (χ3v) is 12.0. The lowest BCUT2D eigenvalue weighted by Gasteiger charge is -2.61. The van der Waals surface area contributed by atoms with Crippen molar-refractivity contribution in [1.82, 2.24) is 4.90 Å². The first-order valence-corrected chi connectivity index (χ1v) is 14.9. The summed E-state index contributed by atoms with van der Waals surface area (Å²) in [5.74, 6) is 4.66. The van der Waals surface area contributed by atoms with Crippen molar-refractivity contribution in [1.29, 1.82) is 0 Å². The third-order valence-electron chi connectivity index (χ3n) is 12.0. The SMILES string of the molecule is C[C@H](CCC(=O)OCCN1CCOCC1)[C@H]1CC[C@H]2[C@@H]3CC[C@@H]4C[C@H](O)CC[C@]4(C)[C@H]3CC[C@]12C. The molecule has 0 aromatic heterocycles. The summed E-state index contributed by atoms with van der Waals surface area (Å²) in [5.41, 5.74) is 0.899. The van der Waals surface area contributed by atoms with Gasteiger partial charge >= 0.3 is 5.97 Å². The molecule has 5 heteroatoms. The summed E-state index contributed by atoms with van der Waals surface area (Å²) in [6, 6.07) is 0. The van der Waals surface area contributed by atoms with Gasteiger partial charge in [-0.2, -0.15) is 0 Å². The maximum Gasteiger partial charge on any atom is 0.305 e. The second kappa shape index (κ2) is 10.6. The summed E-state index contributed by atoms with van der Waals surface area (Å²) in [7, 11) is 0. The first-order valence-electron chi connectivity index (χ1n) is 14.9. The molecule has 1 saturated heterocycles. The van der Waals surface area contributed by atoms with Crippen LogP contribution in [0.15, 0.2) is 0 Å². The van der Waals surface area contributed by atoms with Crippen LogP contribution in [0.3, 0.4) is 0 Å². The van der Waals surface area contributed by atoms with Gasteiger partial charge < -0.3 is 14.6 Å². The van der Waals surface area contributed by atoms with Crippen LogP contribution in [0.25, 0.3) is 0 Å². The van der Waals surface area contributed by atoms with Gasteiger partial charge in [0.05, 0.1) is 19.3 Å². The molecular formula is C30H51NO4. The van der Waals surface area contributed by atoms with Crippen molar-refractivity contribution in [2.45, 2.75) is 97.5 Å². The van der Waals surface area contributed by atoms with Gasteiger partial charge in [0.2, 0.25) is 0 Å². The van der Waals surface area contributed by atoms with E-state index in [4.69, 9.17) is 9.47 Å². The molecule has 0 radical (unpaired) electrons.